The molecule has 0 atom stereocenters. The average Bonchev–Trinajstić information content (AvgIpc) is 2.97. The van der Waals surface area contributed by atoms with Crippen LogP contribution in [0.4, 0.5) is 0 Å². The molecule has 5 nitrogen and oxygen atoms in total. The summed E-state index contributed by atoms with van der Waals surface area (Å²) in [4.78, 5) is 29.4. The van der Waals surface area contributed by atoms with Crippen molar-refractivity contribution in [2.24, 2.45) is 5.73 Å². The van der Waals surface area contributed by atoms with Crippen LogP contribution in [0.15, 0.2) is 36.4 Å². The Morgan fingerprint density at radius 2 is 1.81 bits per heavy atom. The third kappa shape index (κ3) is 2.93. The molecule has 0 spiro atoms. The minimum atomic E-state index is -0.616. The molecule has 2 heterocycles. The van der Waals surface area contributed by atoms with Gasteiger partial charge in [-0.25, -0.2) is 0 Å². The number of halogens is 2. The molecule has 0 aliphatic carbocycles. The lowest BCUT2D eigenvalue weighted by atomic mass is 10.0. The van der Waals surface area contributed by atoms with E-state index in [1.54, 1.807) is 11.0 Å². The monoisotopic (exact) mass is 387 g/mol. The highest BCUT2D eigenvalue weighted by Crippen LogP contribution is 2.30. The van der Waals surface area contributed by atoms with Gasteiger partial charge in [0.25, 0.3) is 5.91 Å². The number of carbonyl (C=O) groups is 2. The smallest absolute Gasteiger partial charge is 0.254 e. The standard InChI is InChI=1S/C19H15Cl2N3O2/c20-12-1-2-16-15(8-12)14-3-4-24(9-17(14)23-16)19(26)11-5-10(18(22)25)6-13(21)7-11/h1-2,5-8,23H,3-4,9H2,(H2,22,25). The SMILES string of the molecule is NC(=O)c1cc(Cl)cc(C(=O)N2CCc3c([nH]c4ccc(Cl)cc34)C2)c1. The summed E-state index contributed by atoms with van der Waals surface area (Å²) in [6, 6.07) is 10.2. The molecule has 7 heteroatoms. The van der Waals surface area contributed by atoms with Crippen molar-refractivity contribution in [3.8, 4) is 0 Å². The first-order valence-corrected chi connectivity index (χ1v) is 8.86. The summed E-state index contributed by atoms with van der Waals surface area (Å²) in [5.74, 6) is -0.799. The first-order valence-electron chi connectivity index (χ1n) is 8.11. The topological polar surface area (TPSA) is 79.2 Å². The molecule has 0 bridgehead atoms. The number of fused-ring (bicyclic) bond motifs is 3. The molecule has 2 amide bonds. The van der Waals surface area contributed by atoms with E-state index in [-0.39, 0.29) is 11.5 Å². The number of rotatable bonds is 2. The molecule has 1 aliphatic rings. The van der Waals surface area contributed by atoms with Gasteiger partial charge in [-0.3, -0.25) is 9.59 Å². The number of aromatic amines is 1. The summed E-state index contributed by atoms with van der Waals surface area (Å²) in [6.45, 7) is 1.03. The number of primary amides is 1. The van der Waals surface area contributed by atoms with Gasteiger partial charge in [-0.1, -0.05) is 23.2 Å². The number of carbonyl (C=O) groups excluding carboxylic acids is 2. The lowest BCUT2D eigenvalue weighted by molar-refractivity contribution is 0.0733. The Labute approximate surface area is 159 Å². The molecule has 0 fully saturated rings. The van der Waals surface area contributed by atoms with Gasteiger partial charge in [-0.15, -0.1) is 0 Å². The Balaban J connectivity index is 1.66. The van der Waals surface area contributed by atoms with Crippen LogP contribution in [0.3, 0.4) is 0 Å². The first-order chi connectivity index (χ1) is 12.4. The second-order valence-corrected chi connectivity index (χ2v) is 7.21. The van der Waals surface area contributed by atoms with Gasteiger partial charge in [0.1, 0.15) is 0 Å². The summed E-state index contributed by atoms with van der Waals surface area (Å²) in [7, 11) is 0. The largest absolute Gasteiger partial charge is 0.366 e. The fraction of sp³-hybridized carbons (Fsp3) is 0.158. The number of hydrogen-bond donors (Lipinski definition) is 2. The van der Waals surface area contributed by atoms with Crippen molar-refractivity contribution in [2.75, 3.05) is 6.54 Å². The van der Waals surface area contributed by atoms with Crippen LogP contribution in [0.1, 0.15) is 32.0 Å². The second kappa shape index (κ2) is 6.34. The van der Waals surface area contributed by atoms with Gasteiger partial charge in [-0.05, 0) is 48.4 Å². The van der Waals surface area contributed by atoms with Crippen molar-refractivity contribution in [1.29, 1.82) is 0 Å². The zero-order valence-corrected chi connectivity index (χ0v) is 15.2. The number of nitrogens with zero attached hydrogens (tertiary/aromatic N) is 1. The van der Waals surface area contributed by atoms with E-state index >= 15 is 0 Å². The predicted octanol–water partition coefficient (Wildman–Crippen LogP) is 3.77. The molecule has 0 radical (unpaired) electrons. The van der Waals surface area contributed by atoms with Gasteiger partial charge in [0.15, 0.2) is 0 Å². The second-order valence-electron chi connectivity index (χ2n) is 6.34. The molecular weight excluding hydrogens is 373 g/mol. The highest BCUT2D eigenvalue weighted by Gasteiger charge is 2.25. The van der Waals surface area contributed by atoms with Gasteiger partial charge in [0, 0.05) is 44.3 Å². The Hall–Kier alpha value is -2.50. The number of benzene rings is 2. The van der Waals surface area contributed by atoms with Crippen LogP contribution in [0, 0.1) is 0 Å². The zero-order chi connectivity index (χ0) is 18.4. The van der Waals surface area contributed by atoms with Crippen molar-refractivity contribution in [3.05, 3.63) is 68.8 Å². The van der Waals surface area contributed by atoms with Gasteiger partial charge >= 0.3 is 0 Å². The third-order valence-corrected chi connectivity index (χ3v) is 5.11. The molecule has 26 heavy (non-hydrogen) atoms. The Bertz CT molecular complexity index is 1060. The van der Waals surface area contributed by atoms with E-state index < -0.39 is 5.91 Å². The van der Waals surface area contributed by atoms with E-state index in [0.29, 0.717) is 28.7 Å². The number of hydrogen-bond acceptors (Lipinski definition) is 2. The number of aromatic nitrogens is 1. The van der Waals surface area contributed by atoms with Gasteiger partial charge in [0.2, 0.25) is 5.91 Å². The lowest BCUT2D eigenvalue weighted by Gasteiger charge is -2.27. The van der Waals surface area contributed by atoms with Crippen LogP contribution >= 0.6 is 23.2 Å². The van der Waals surface area contributed by atoms with Crippen LogP contribution in [0.2, 0.25) is 10.0 Å². The van der Waals surface area contributed by atoms with Gasteiger partial charge in [-0.2, -0.15) is 0 Å². The summed E-state index contributed by atoms with van der Waals surface area (Å²) < 4.78 is 0. The van der Waals surface area contributed by atoms with E-state index in [0.717, 1.165) is 23.0 Å². The van der Waals surface area contributed by atoms with Crippen LogP contribution < -0.4 is 5.73 Å². The maximum atomic E-state index is 12.9. The number of H-pyrrole nitrogens is 1. The van der Waals surface area contributed by atoms with Crippen LogP contribution in [0.25, 0.3) is 10.9 Å². The van der Waals surface area contributed by atoms with E-state index in [2.05, 4.69) is 4.98 Å². The molecule has 2 aromatic carbocycles. The van der Waals surface area contributed by atoms with Crippen molar-refractivity contribution in [2.45, 2.75) is 13.0 Å². The molecule has 0 saturated carbocycles. The summed E-state index contributed by atoms with van der Waals surface area (Å²) >= 11 is 12.1. The lowest BCUT2D eigenvalue weighted by Crippen LogP contribution is -2.36. The van der Waals surface area contributed by atoms with E-state index in [1.165, 1.54) is 17.7 Å². The predicted molar refractivity (Wildman–Crippen MR) is 102 cm³/mol. The maximum absolute atomic E-state index is 12.9. The normalized spacial score (nSPS) is 13.7. The van der Waals surface area contributed by atoms with E-state index in [9.17, 15) is 9.59 Å². The molecule has 4 rings (SSSR count). The molecule has 3 aromatic rings. The summed E-state index contributed by atoms with van der Waals surface area (Å²) in [5, 5.41) is 2.09. The Morgan fingerprint density at radius 1 is 1.04 bits per heavy atom. The Morgan fingerprint density at radius 3 is 2.58 bits per heavy atom. The molecule has 1 aliphatic heterocycles. The van der Waals surface area contributed by atoms with Gasteiger partial charge < -0.3 is 15.6 Å². The quantitative estimate of drug-likeness (QED) is 0.701. The van der Waals surface area contributed by atoms with Crippen molar-refractivity contribution >= 4 is 45.9 Å². The van der Waals surface area contributed by atoms with Gasteiger partial charge in [0.05, 0.1) is 6.54 Å². The minimum absolute atomic E-state index is 0.183. The molecule has 3 N–H and O–H groups in total. The number of nitrogens with two attached hydrogens (primary N) is 1. The molecular formula is C19H15Cl2N3O2. The fourth-order valence-corrected chi connectivity index (χ4v) is 3.83. The summed E-state index contributed by atoms with van der Waals surface area (Å²) in [6.07, 6.45) is 0.727. The minimum Gasteiger partial charge on any atom is -0.366 e. The van der Waals surface area contributed by atoms with Crippen molar-refractivity contribution < 1.29 is 9.59 Å². The van der Waals surface area contributed by atoms with Crippen LogP contribution in [0.5, 0.6) is 0 Å². The van der Waals surface area contributed by atoms with Crippen LogP contribution in [-0.4, -0.2) is 28.2 Å². The number of nitrogens with one attached hydrogen (secondary N) is 1. The summed E-state index contributed by atoms with van der Waals surface area (Å²) in [5.41, 5.74) is 9.08. The maximum Gasteiger partial charge on any atom is 0.254 e. The van der Waals surface area contributed by atoms with E-state index in [4.69, 9.17) is 28.9 Å². The van der Waals surface area contributed by atoms with Crippen LogP contribution in [-0.2, 0) is 13.0 Å². The molecule has 0 saturated heterocycles. The molecule has 1 aromatic heterocycles. The third-order valence-electron chi connectivity index (χ3n) is 4.65. The highest BCUT2D eigenvalue weighted by molar-refractivity contribution is 6.31. The average molecular weight is 388 g/mol. The molecule has 0 unspecified atom stereocenters. The first kappa shape index (κ1) is 16.9. The highest BCUT2D eigenvalue weighted by atomic mass is 35.5. The zero-order valence-electron chi connectivity index (χ0n) is 13.7. The fourth-order valence-electron chi connectivity index (χ4n) is 3.42. The number of amides is 2. The van der Waals surface area contributed by atoms with E-state index in [1.807, 2.05) is 18.2 Å². The molecule has 132 valence electrons. The van der Waals surface area contributed by atoms with Crippen molar-refractivity contribution in [1.82, 2.24) is 9.88 Å². The van der Waals surface area contributed by atoms with Crippen molar-refractivity contribution in [3.63, 3.8) is 0 Å². The Kier molecular flexibility index (Phi) is 4.13.